The minimum absolute atomic E-state index is 0.791. The number of benzene rings is 1. The Morgan fingerprint density at radius 3 is 2.47 bits per heavy atom. The van der Waals surface area contributed by atoms with Crippen molar-refractivity contribution >= 4 is 0 Å². The van der Waals surface area contributed by atoms with Crippen LogP contribution in [0.25, 0.3) is 5.69 Å². The summed E-state index contributed by atoms with van der Waals surface area (Å²) in [4.78, 5) is 0. The van der Waals surface area contributed by atoms with Crippen molar-refractivity contribution in [2.75, 3.05) is 6.54 Å². The number of aryl methyl sites for hydroxylation is 2. The molecule has 1 aromatic carbocycles. The Kier molecular flexibility index (Phi) is 5.10. The number of unbranched alkanes of at least 4 members (excludes halogenated alkanes) is 3. The lowest BCUT2D eigenvalue weighted by Gasteiger charge is -2.08. The number of aromatic nitrogens is 3. The van der Waals surface area contributed by atoms with E-state index in [1.165, 1.54) is 12.8 Å². The fraction of sp³-hybridized carbons (Fsp3) is 0.467. The molecule has 0 atom stereocenters. The van der Waals surface area contributed by atoms with E-state index in [9.17, 15) is 0 Å². The molecule has 0 spiro atoms. The van der Waals surface area contributed by atoms with Crippen LogP contribution in [-0.2, 0) is 6.42 Å². The number of hydrogen-bond acceptors (Lipinski definition) is 3. The molecule has 1 heterocycles. The molecule has 0 fully saturated rings. The smallest absolute Gasteiger partial charge is 0.137 e. The number of nitrogens with zero attached hydrogens (tertiary/aromatic N) is 3. The minimum atomic E-state index is 0.791. The van der Waals surface area contributed by atoms with E-state index in [1.807, 2.05) is 25.1 Å². The molecule has 19 heavy (non-hydrogen) atoms. The molecule has 1 aromatic heterocycles. The van der Waals surface area contributed by atoms with E-state index in [0.717, 1.165) is 43.1 Å². The Bertz CT molecular complexity index is 490. The van der Waals surface area contributed by atoms with Gasteiger partial charge in [-0.05, 0) is 38.4 Å². The van der Waals surface area contributed by atoms with Crippen LogP contribution in [0, 0.1) is 6.92 Å². The zero-order valence-corrected chi connectivity index (χ0v) is 11.5. The molecule has 4 nitrogen and oxygen atoms in total. The van der Waals surface area contributed by atoms with E-state index >= 15 is 0 Å². The molecule has 0 saturated carbocycles. The molecule has 0 amide bonds. The van der Waals surface area contributed by atoms with Crippen molar-refractivity contribution in [1.82, 2.24) is 14.8 Å². The van der Waals surface area contributed by atoms with Gasteiger partial charge in [-0.2, -0.15) is 0 Å². The standard InChI is InChI=1S/C15H22N4/c1-13-17-18-15(11-7-2-3-8-12-16)19(13)14-9-5-4-6-10-14/h4-6,9-10H,2-3,7-8,11-12,16H2,1H3. The number of nitrogens with two attached hydrogens (primary N) is 1. The summed E-state index contributed by atoms with van der Waals surface area (Å²) >= 11 is 0. The fourth-order valence-electron chi connectivity index (χ4n) is 2.26. The van der Waals surface area contributed by atoms with Crippen LogP contribution in [0.2, 0.25) is 0 Å². The quantitative estimate of drug-likeness (QED) is 0.777. The molecule has 2 rings (SSSR count). The Balaban J connectivity index is 2.02. The van der Waals surface area contributed by atoms with Gasteiger partial charge < -0.3 is 5.73 Å². The summed E-state index contributed by atoms with van der Waals surface area (Å²) in [6.45, 7) is 2.79. The summed E-state index contributed by atoms with van der Waals surface area (Å²) < 4.78 is 2.14. The lowest BCUT2D eigenvalue weighted by molar-refractivity contribution is 0.630. The average Bonchev–Trinajstić information content (AvgIpc) is 2.81. The van der Waals surface area contributed by atoms with E-state index in [2.05, 4.69) is 26.9 Å². The molecule has 2 N–H and O–H groups in total. The highest BCUT2D eigenvalue weighted by atomic mass is 15.3. The van der Waals surface area contributed by atoms with Gasteiger partial charge >= 0.3 is 0 Å². The molecule has 0 aliphatic rings. The van der Waals surface area contributed by atoms with Gasteiger partial charge in [-0.25, -0.2) is 0 Å². The molecule has 0 radical (unpaired) electrons. The summed E-state index contributed by atoms with van der Waals surface area (Å²) in [5.74, 6) is 2.00. The van der Waals surface area contributed by atoms with Crippen LogP contribution in [0.15, 0.2) is 30.3 Å². The number of rotatable bonds is 7. The SMILES string of the molecule is Cc1nnc(CCCCCCN)n1-c1ccccc1. The first-order valence-corrected chi connectivity index (χ1v) is 6.99. The second-order valence-electron chi connectivity index (χ2n) is 4.79. The third-order valence-electron chi connectivity index (χ3n) is 3.26. The maximum absolute atomic E-state index is 5.50. The van der Waals surface area contributed by atoms with Crippen molar-refractivity contribution < 1.29 is 0 Å². The van der Waals surface area contributed by atoms with Gasteiger partial charge in [-0.15, -0.1) is 10.2 Å². The lowest BCUT2D eigenvalue weighted by atomic mass is 10.1. The van der Waals surface area contributed by atoms with E-state index < -0.39 is 0 Å². The normalized spacial score (nSPS) is 10.8. The fourth-order valence-corrected chi connectivity index (χ4v) is 2.26. The first-order valence-electron chi connectivity index (χ1n) is 6.99. The highest BCUT2D eigenvalue weighted by Crippen LogP contribution is 2.14. The van der Waals surface area contributed by atoms with Crippen LogP contribution in [0.4, 0.5) is 0 Å². The molecule has 0 aliphatic carbocycles. The molecule has 102 valence electrons. The third-order valence-corrected chi connectivity index (χ3v) is 3.26. The summed E-state index contributed by atoms with van der Waals surface area (Å²) in [6.07, 6.45) is 5.64. The molecule has 4 heteroatoms. The highest BCUT2D eigenvalue weighted by Gasteiger charge is 2.09. The van der Waals surface area contributed by atoms with Crippen LogP contribution in [0.5, 0.6) is 0 Å². The van der Waals surface area contributed by atoms with Crippen LogP contribution < -0.4 is 5.73 Å². The van der Waals surface area contributed by atoms with Gasteiger partial charge in [-0.3, -0.25) is 4.57 Å². The van der Waals surface area contributed by atoms with Crippen molar-refractivity contribution in [1.29, 1.82) is 0 Å². The number of hydrogen-bond donors (Lipinski definition) is 1. The maximum Gasteiger partial charge on any atom is 0.137 e. The first-order chi connectivity index (χ1) is 9.33. The first kappa shape index (κ1) is 13.7. The summed E-state index contributed by atoms with van der Waals surface area (Å²) in [7, 11) is 0. The van der Waals surface area contributed by atoms with Crippen LogP contribution >= 0.6 is 0 Å². The molecule has 2 aromatic rings. The Hall–Kier alpha value is -1.68. The van der Waals surface area contributed by atoms with Crippen LogP contribution in [-0.4, -0.2) is 21.3 Å². The third kappa shape index (κ3) is 3.64. The second kappa shape index (κ2) is 7.04. The van der Waals surface area contributed by atoms with E-state index in [1.54, 1.807) is 0 Å². The van der Waals surface area contributed by atoms with Crippen molar-refractivity contribution in [2.45, 2.75) is 39.0 Å². The second-order valence-corrected chi connectivity index (χ2v) is 4.79. The zero-order chi connectivity index (χ0) is 13.5. The largest absolute Gasteiger partial charge is 0.330 e. The van der Waals surface area contributed by atoms with Gasteiger partial charge in [0.15, 0.2) is 0 Å². The minimum Gasteiger partial charge on any atom is -0.330 e. The molecule has 0 aliphatic heterocycles. The van der Waals surface area contributed by atoms with E-state index in [4.69, 9.17) is 5.73 Å². The van der Waals surface area contributed by atoms with Gasteiger partial charge in [0, 0.05) is 12.1 Å². The van der Waals surface area contributed by atoms with E-state index in [-0.39, 0.29) is 0 Å². The van der Waals surface area contributed by atoms with Crippen molar-refractivity contribution in [3.8, 4) is 5.69 Å². The van der Waals surface area contributed by atoms with Crippen molar-refractivity contribution in [3.05, 3.63) is 42.0 Å². The van der Waals surface area contributed by atoms with Crippen molar-refractivity contribution in [3.63, 3.8) is 0 Å². The maximum atomic E-state index is 5.50. The lowest BCUT2D eigenvalue weighted by Crippen LogP contribution is -2.03. The van der Waals surface area contributed by atoms with Gasteiger partial charge in [0.25, 0.3) is 0 Å². The van der Waals surface area contributed by atoms with Crippen molar-refractivity contribution in [2.24, 2.45) is 5.73 Å². The van der Waals surface area contributed by atoms with Gasteiger partial charge in [0.1, 0.15) is 11.6 Å². The van der Waals surface area contributed by atoms with Gasteiger partial charge in [0.05, 0.1) is 0 Å². The van der Waals surface area contributed by atoms with Gasteiger partial charge in [0.2, 0.25) is 0 Å². The molecular formula is C15H22N4. The molecule has 0 bridgehead atoms. The number of para-hydroxylation sites is 1. The monoisotopic (exact) mass is 258 g/mol. The zero-order valence-electron chi connectivity index (χ0n) is 11.5. The molecular weight excluding hydrogens is 236 g/mol. The average molecular weight is 258 g/mol. The Labute approximate surface area is 114 Å². The molecule has 0 saturated heterocycles. The Morgan fingerprint density at radius 2 is 1.74 bits per heavy atom. The van der Waals surface area contributed by atoms with Gasteiger partial charge in [-0.1, -0.05) is 31.0 Å². The summed E-state index contributed by atoms with van der Waals surface area (Å²) in [5, 5.41) is 8.50. The predicted molar refractivity (Wildman–Crippen MR) is 77.3 cm³/mol. The summed E-state index contributed by atoms with van der Waals surface area (Å²) in [6, 6.07) is 10.3. The molecule has 0 unspecified atom stereocenters. The highest BCUT2D eigenvalue weighted by molar-refractivity contribution is 5.33. The topological polar surface area (TPSA) is 56.7 Å². The van der Waals surface area contributed by atoms with Crippen LogP contribution in [0.1, 0.15) is 37.3 Å². The van der Waals surface area contributed by atoms with E-state index in [0.29, 0.717) is 0 Å². The van der Waals surface area contributed by atoms with Crippen LogP contribution in [0.3, 0.4) is 0 Å². The Morgan fingerprint density at radius 1 is 1.00 bits per heavy atom. The summed E-state index contributed by atoms with van der Waals surface area (Å²) in [5.41, 5.74) is 6.64. The predicted octanol–water partition coefficient (Wildman–Crippen LogP) is 2.64.